The summed E-state index contributed by atoms with van der Waals surface area (Å²) in [6.45, 7) is 1.18. The Balaban J connectivity index is 1.86. The summed E-state index contributed by atoms with van der Waals surface area (Å²) in [5.74, 6) is 1.21. The van der Waals surface area contributed by atoms with Crippen LogP contribution in [0.25, 0.3) is 0 Å². The van der Waals surface area contributed by atoms with Crippen molar-refractivity contribution >= 4 is 27.9 Å². The maximum absolute atomic E-state index is 3.48. The summed E-state index contributed by atoms with van der Waals surface area (Å²) < 4.78 is 2.42. The van der Waals surface area contributed by atoms with Crippen LogP contribution in [0.4, 0.5) is 0 Å². The van der Waals surface area contributed by atoms with Crippen molar-refractivity contribution in [3.63, 3.8) is 0 Å². The molecule has 0 N–H and O–H groups in total. The Labute approximate surface area is 117 Å². The lowest BCUT2D eigenvalue weighted by molar-refractivity contribution is 0.481. The lowest BCUT2D eigenvalue weighted by atomic mass is 9.96. The summed E-state index contributed by atoms with van der Waals surface area (Å²) in [6, 6.07) is 11.0. The molecule has 1 fully saturated rings. The molecule has 0 atom stereocenters. The molecule has 0 unspecified atom stereocenters. The van der Waals surface area contributed by atoms with E-state index in [2.05, 4.69) is 57.6 Å². The molecule has 3 heteroatoms. The minimum Gasteiger partial charge on any atom is -0.253 e. The van der Waals surface area contributed by atoms with Crippen LogP contribution in [0.3, 0.4) is 0 Å². The van der Waals surface area contributed by atoms with Gasteiger partial charge in [-0.1, -0.05) is 58.2 Å². The highest BCUT2D eigenvalue weighted by atomic mass is 79.9. The van der Waals surface area contributed by atoms with Crippen LogP contribution < -0.4 is 0 Å². The minimum absolute atomic E-state index is 0.456. The van der Waals surface area contributed by atoms with Gasteiger partial charge in [0.15, 0.2) is 0 Å². The van der Waals surface area contributed by atoms with E-state index in [4.69, 9.17) is 0 Å². The largest absolute Gasteiger partial charge is 0.253 e. The number of nitrogens with zero attached hydrogens (tertiary/aromatic N) is 1. The molecule has 94 valence electrons. The fourth-order valence-corrected chi connectivity index (χ4v) is 3.80. The summed E-state index contributed by atoms with van der Waals surface area (Å²) in [7, 11) is 2.22. The highest BCUT2D eigenvalue weighted by Gasteiger charge is 2.44. The molecule has 1 aliphatic rings. The van der Waals surface area contributed by atoms with Crippen LogP contribution >= 0.6 is 27.9 Å². The van der Waals surface area contributed by atoms with E-state index in [1.807, 2.05) is 11.9 Å². The molecule has 1 nitrogen and oxygen atoms in total. The van der Waals surface area contributed by atoms with Gasteiger partial charge in [0.2, 0.25) is 0 Å². The molecular weight excluding hydrogens is 294 g/mol. The number of rotatable bonds is 7. The predicted octanol–water partition coefficient (Wildman–Crippen LogP) is 4.08. The quantitative estimate of drug-likeness (QED) is 0.424. The second-order valence-electron chi connectivity index (χ2n) is 4.81. The van der Waals surface area contributed by atoms with Crippen molar-refractivity contribution in [3.05, 3.63) is 35.9 Å². The third-order valence-electron chi connectivity index (χ3n) is 3.35. The lowest BCUT2D eigenvalue weighted by Gasteiger charge is -2.23. The van der Waals surface area contributed by atoms with Gasteiger partial charge in [-0.3, -0.25) is 4.31 Å². The molecule has 1 aliphatic carbocycles. The Morgan fingerprint density at radius 1 is 1.29 bits per heavy atom. The zero-order valence-corrected chi connectivity index (χ0v) is 12.8. The van der Waals surface area contributed by atoms with Crippen molar-refractivity contribution in [1.82, 2.24) is 4.31 Å². The molecule has 0 aromatic heterocycles. The fraction of sp³-hybridized carbons (Fsp3) is 0.571. The second-order valence-corrected chi connectivity index (χ2v) is 6.89. The van der Waals surface area contributed by atoms with Gasteiger partial charge < -0.3 is 0 Å². The molecule has 0 aliphatic heterocycles. The first kappa shape index (κ1) is 13.4. The Kier molecular flexibility index (Phi) is 4.95. The van der Waals surface area contributed by atoms with Crippen molar-refractivity contribution < 1.29 is 0 Å². The van der Waals surface area contributed by atoms with Crippen LogP contribution in [-0.4, -0.2) is 29.0 Å². The third kappa shape index (κ3) is 3.73. The average Bonchev–Trinajstić information content (AvgIpc) is 3.12. The molecule has 0 radical (unpaired) electrons. The monoisotopic (exact) mass is 313 g/mol. The fourth-order valence-electron chi connectivity index (χ4n) is 2.23. The molecule has 0 bridgehead atoms. The van der Waals surface area contributed by atoms with E-state index in [0.717, 1.165) is 5.33 Å². The van der Waals surface area contributed by atoms with Crippen LogP contribution in [0, 0.1) is 0 Å². The summed E-state index contributed by atoms with van der Waals surface area (Å²) in [5.41, 5.74) is 1.98. The van der Waals surface area contributed by atoms with Gasteiger partial charge >= 0.3 is 0 Å². The molecule has 1 aromatic carbocycles. The van der Waals surface area contributed by atoms with Crippen LogP contribution in [0.1, 0.15) is 24.8 Å². The molecule has 1 aromatic rings. The molecule has 0 amide bonds. The van der Waals surface area contributed by atoms with E-state index in [1.54, 1.807) is 0 Å². The van der Waals surface area contributed by atoms with Gasteiger partial charge in [0.05, 0.1) is 0 Å². The Morgan fingerprint density at radius 3 is 2.59 bits per heavy atom. The molecular formula is C14H20BrNS. The van der Waals surface area contributed by atoms with Crippen molar-refractivity contribution in [2.24, 2.45) is 0 Å². The van der Waals surface area contributed by atoms with E-state index in [-0.39, 0.29) is 0 Å². The number of likely N-dealkylation sites (N-methyl/N-ethyl adjacent to an activating group) is 1. The van der Waals surface area contributed by atoms with Gasteiger partial charge in [-0.25, -0.2) is 0 Å². The molecule has 1 saturated carbocycles. The van der Waals surface area contributed by atoms with Gasteiger partial charge in [-0.15, -0.1) is 0 Å². The molecule has 0 heterocycles. The maximum Gasteiger partial charge on any atom is 0.0183 e. The third-order valence-corrected chi connectivity index (χ3v) is 4.96. The second kappa shape index (κ2) is 6.26. The standard InChI is InChI=1S/C14H20BrNS/c1-16(17-11-5-10-15)12-14(8-9-14)13-6-3-2-4-7-13/h2-4,6-7H,5,8-12H2,1H3. The highest BCUT2D eigenvalue weighted by molar-refractivity contribution is 9.09. The van der Waals surface area contributed by atoms with Gasteiger partial charge in [0, 0.05) is 23.0 Å². The number of hydrogen-bond donors (Lipinski definition) is 0. The van der Waals surface area contributed by atoms with Gasteiger partial charge in [-0.05, 0) is 31.9 Å². The van der Waals surface area contributed by atoms with Crippen molar-refractivity contribution in [2.45, 2.75) is 24.7 Å². The first-order chi connectivity index (χ1) is 8.27. The Morgan fingerprint density at radius 2 is 2.00 bits per heavy atom. The van der Waals surface area contributed by atoms with E-state index in [0.29, 0.717) is 5.41 Å². The number of hydrogen-bond acceptors (Lipinski definition) is 2. The topological polar surface area (TPSA) is 3.24 Å². The highest BCUT2D eigenvalue weighted by Crippen LogP contribution is 2.49. The first-order valence-corrected chi connectivity index (χ1v) is 8.29. The van der Waals surface area contributed by atoms with Crippen LogP contribution in [0.2, 0.25) is 0 Å². The van der Waals surface area contributed by atoms with Crippen molar-refractivity contribution in [1.29, 1.82) is 0 Å². The number of halogens is 1. The SMILES string of the molecule is CN(CC1(c2ccccc2)CC1)SCCCBr. The zero-order valence-electron chi connectivity index (χ0n) is 10.4. The van der Waals surface area contributed by atoms with Crippen molar-refractivity contribution in [3.8, 4) is 0 Å². The van der Waals surface area contributed by atoms with Gasteiger partial charge in [0.25, 0.3) is 0 Å². The van der Waals surface area contributed by atoms with E-state index in [9.17, 15) is 0 Å². The van der Waals surface area contributed by atoms with Crippen LogP contribution in [0.15, 0.2) is 30.3 Å². The first-order valence-electron chi connectivity index (χ1n) is 6.22. The number of alkyl halides is 1. The van der Waals surface area contributed by atoms with Crippen molar-refractivity contribution in [2.75, 3.05) is 24.7 Å². The average molecular weight is 314 g/mol. The van der Waals surface area contributed by atoms with E-state index >= 15 is 0 Å². The lowest BCUT2D eigenvalue weighted by Crippen LogP contribution is -2.24. The molecule has 0 spiro atoms. The van der Waals surface area contributed by atoms with Crippen LogP contribution in [0.5, 0.6) is 0 Å². The van der Waals surface area contributed by atoms with E-state index in [1.165, 1.54) is 37.1 Å². The van der Waals surface area contributed by atoms with E-state index < -0.39 is 0 Å². The predicted molar refractivity (Wildman–Crippen MR) is 80.9 cm³/mol. The molecule has 0 saturated heterocycles. The zero-order chi connectivity index (χ0) is 12.1. The summed E-state index contributed by atoms with van der Waals surface area (Å²) >= 11 is 5.44. The minimum atomic E-state index is 0.456. The summed E-state index contributed by atoms with van der Waals surface area (Å²) in [5, 5.41) is 1.11. The number of benzene rings is 1. The molecule has 2 rings (SSSR count). The maximum atomic E-state index is 3.48. The normalized spacial score (nSPS) is 17.4. The smallest absolute Gasteiger partial charge is 0.0183 e. The molecule has 17 heavy (non-hydrogen) atoms. The Hall–Kier alpha value is 0.01000. The summed E-state index contributed by atoms with van der Waals surface area (Å²) in [6.07, 6.45) is 3.94. The summed E-state index contributed by atoms with van der Waals surface area (Å²) in [4.78, 5) is 0. The Bertz CT molecular complexity index is 337. The van der Waals surface area contributed by atoms with Gasteiger partial charge in [-0.2, -0.15) is 0 Å². The van der Waals surface area contributed by atoms with Gasteiger partial charge in [0.1, 0.15) is 0 Å². The van der Waals surface area contributed by atoms with Crippen LogP contribution in [-0.2, 0) is 5.41 Å².